The minimum Gasteiger partial charge on any atom is -0.451 e. The Morgan fingerprint density at radius 1 is 0.842 bits per heavy atom. The first-order valence-electron chi connectivity index (χ1n) is 12.8. The molecule has 1 aromatic heterocycles. The molecule has 2 fully saturated rings. The number of hydrogen-bond donors (Lipinski definition) is 1. The Balaban J connectivity index is 1.17. The van der Waals surface area contributed by atoms with Gasteiger partial charge in [-0.2, -0.15) is 0 Å². The molecule has 3 heterocycles. The van der Waals surface area contributed by atoms with Crippen molar-refractivity contribution in [1.82, 2.24) is 20.0 Å². The predicted molar refractivity (Wildman–Crippen MR) is 143 cm³/mol. The van der Waals surface area contributed by atoms with Crippen molar-refractivity contribution in [2.45, 2.75) is 0 Å². The van der Waals surface area contributed by atoms with Crippen molar-refractivity contribution in [3.8, 4) is 0 Å². The highest BCUT2D eigenvalue weighted by Gasteiger charge is 2.27. The predicted octanol–water partition coefficient (Wildman–Crippen LogP) is 1.26. The van der Waals surface area contributed by atoms with E-state index in [0.29, 0.717) is 55.8 Å². The number of amides is 3. The number of rotatable bonds is 5. The number of nitrogens with zero attached hydrogens (tertiary/aromatic N) is 4. The summed E-state index contributed by atoms with van der Waals surface area (Å²) in [6.07, 6.45) is 0. The maximum atomic E-state index is 13.3. The second-order valence-corrected chi connectivity index (χ2v) is 9.63. The summed E-state index contributed by atoms with van der Waals surface area (Å²) in [5.74, 6) is -0.928. The van der Waals surface area contributed by atoms with Crippen LogP contribution >= 0.6 is 0 Å². The molecule has 5 rings (SSSR count). The van der Waals surface area contributed by atoms with E-state index in [1.165, 1.54) is 0 Å². The Morgan fingerprint density at radius 3 is 2.26 bits per heavy atom. The van der Waals surface area contributed by atoms with Crippen molar-refractivity contribution in [2.75, 3.05) is 70.9 Å². The highest BCUT2D eigenvalue weighted by Crippen LogP contribution is 2.24. The molecule has 10 heteroatoms. The molecule has 0 aliphatic carbocycles. The molecular formula is C28H31N5O5. The van der Waals surface area contributed by atoms with Crippen molar-refractivity contribution in [2.24, 2.45) is 0 Å². The summed E-state index contributed by atoms with van der Waals surface area (Å²) in [6.45, 7) is 5.02. The summed E-state index contributed by atoms with van der Waals surface area (Å²) < 4.78 is 5.55. The average molecular weight is 518 g/mol. The Bertz CT molecular complexity index is 1400. The molecule has 198 valence electrons. The molecule has 0 unspecified atom stereocenters. The maximum absolute atomic E-state index is 13.3. The fourth-order valence-corrected chi connectivity index (χ4v) is 4.88. The number of para-hydroxylation sites is 2. The maximum Gasteiger partial charge on any atom is 0.287 e. The minimum atomic E-state index is -0.615. The number of fused-ring (bicyclic) bond motifs is 1. The minimum absolute atomic E-state index is 0.0373. The third-order valence-corrected chi connectivity index (χ3v) is 7.16. The van der Waals surface area contributed by atoms with Crippen LogP contribution in [0.3, 0.4) is 0 Å². The third kappa shape index (κ3) is 5.40. The van der Waals surface area contributed by atoms with E-state index in [-0.39, 0.29) is 29.5 Å². The van der Waals surface area contributed by atoms with E-state index in [0.717, 1.165) is 24.8 Å². The van der Waals surface area contributed by atoms with E-state index in [4.69, 9.17) is 4.42 Å². The largest absolute Gasteiger partial charge is 0.451 e. The Labute approximate surface area is 220 Å². The smallest absolute Gasteiger partial charge is 0.287 e. The fourth-order valence-electron chi connectivity index (χ4n) is 4.88. The van der Waals surface area contributed by atoms with Crippen LogP contribution in [0.5, 0.6) is 0 Å². The molecule has 0 atom stereocenters. The van der Waals surface area contributed by atoms with Crippen molar-refractivity contribution < 1.29 is 18.8 Å². The SMILES string of the molecule is CN1CCN(C(=O)c2ccccc2N2CCN(C(=O)CNC(=O)c3cc(=O)c4ccccc4o3)CC2)CC1. The number of anilines is 1. The van der Waals surface area contributed by atoms with Gasteiger partial charge in [0.1, 0.15) is 5.58 Å². The lowest BCUT2D eigenvalue weighted by Crippen LogP contribution is -2.52. The first-order chi connectivity index (χ1) is 18.4. The lowest BCUT2D eigenvalue weighted by molar-refractivity contribution is -0.130. The monoisotopic (exact) mass is 517 g/mol. The lowest BCUT2D eigenvalue weighted by atomic mass is 10.1. The fraction of sp³-hybridized carbons (Fsp3) is 0.357. The zero-order valence-corrected chi connectivity index (χ0v) is 21.4. The third-order valence-electron chi connectivity index (χ3n) is 7.16. The molecule has 3 aromatic rings. The van der Waals surface area contributed by atoms with Gasteiger partial charge in [-0.05, 0) is 31.3 Å². The van der Waals surface area contributed by atoms with Gasteiger partial charge < -0.3 is 29.3 Å². The molecule has 2 aromatic carbocycles. The van der Waals surface area contributed by atoms with Gasteiger partial charge in [0.15, 0.2) is 11.2 Å². The number of nitrogens with one attached hydrogen (secondary N) is 1. The van der Waals surface area contributed by atoms with E-state index in [9.17, 15) is 19.2 Å². The van der Waals surface area contributed by atoms with E-state index in [1.807, 2.05) is 29.2 Å². The van der Waals surface area contributed by atoms with Crippen molar-refractivity contribution in [3.63, 3.8) is 0 Å². The molecule has 38 heavy (non-hydrogen) atoms. The van der Waals surface area contributed by atoms with Crippen LogP contribution in [0.1, 0.15) is 20.9 Å². The van der Waals surface area contributed by atoms with Crippen molar-refractivity contribution >= 4 is 34.4 Å². The van der Waals surface area contributed by atoms with E-state index >= 15 is 0 Å². The summed E-state index contributed by atoms with van der Waals surface area (Å²) in [5.41, 5.74) is 1.56. The summed E-state index contributed by atoms with van der Waals surface area (Å²) in [7, 11) is 2.06. The number of benzene rings is 2. The molecule has 10 nitrogen and oxygen atoms in total. The molecule has 0 saturated carbocycles. The van der Waals surface area contributed by atoms with Gasteiger partial charge in [0.05, 0.1) is 17.5 Å². The molecule has 0 bridgehead atoms. The zero-order chi connectivity index (χ0) is 26.6. The van der Waals surface area contributed by atoms with Gasteiger partial charge in [0, 0.05) is 64.1 Å². The lowest BCUT2D eigenvalue weighted by Gasteiger charge is -2.38. The number of hydrogen-bond acceptors (Lipinski definition) is 7. The highest BCUT2D eigenvalue weighted by atomic mass is 16.3. The quantitative estimate of drug-likeness (QED) is 0.543. The molecule has 0 radical (unpaired) electrons. The first kappa shape index (κ1) is 25.5. The van der Waals surface area contributed by atoms with Gasteiger partial charge in [0.25, 0.3) is 11.8 Å². The Hall–Kier alpha value is -4.18. The van der Waals surface area contributed by atoms with Crippen LogP contribution in [0.15, 0.2) is 63.8 Å². The summed E-state index contributed by atoms with van der Waals surface area (Å²) in [5, 5.41) is 2.96. The average Bonchev–Trinajstić information content (AvgIpc) is 2.96. The van der Waals surface area contributed by atoms with Crippen LogP contribution in [0.25, 0.3) is 11.0 Å². The zero-order valence-electron chi connectivity index (χ0n) is 21.4. The molecule has 1 N–H and O–H groups in total. The van der Waals surface area contributed by atoms with Crippen molar-refractivity contribution in [1.29, 1.82) is 0 Å². The topological polar surface area (TPSA) is 106 Å². The van der Waals surface area contributed by atoms with Crippen LogP contribution in [-0.4, -0.2) is 98.4 Å². The summed E-state index contributed by atoms with van der Waals surface area (Å²) >= 11 is 0. The van der Waals surface area contributed by atoms with Crippen molar-refractivity contribution in [3.05, 3.63) is 76.1 Å². The van der Waals surface area contributed by atoms with Gasteiger partial charge >= 0.3 is 0 Å². The molecule has 0 spiro atoms. The number of likely N-dealkylation sites (N-methyl/N-ethyl adjacent to an activating group) is 1. The molecular weight excluding hydrogens is 486 g/mol. The highest BCUT2D eigenvalue weighted by molar-refractivity contribution is 6.00. The van der Waals surface area contributed by atoms with Gasteiger partial charge in [0.2, 0.25) is 5.91 Å². The van der Waals surface area contributed by atoms with E-state index < -0.39 is 5.91 Å². The molecule has 2 saturated heterocycles. The molecule has 2 aliphatic rings. The van der Waals surface area contributed by atoms with E-state index in [1.54, 1.807) is 29.2 Å². The van der Waals surface area contributed by atoms with Crippen LogP contribution in [0.2, 0.25) is 0 Å². The van der Waals surface area contributed by atoms with Crippen LogP contribution in [-0.2, 0) is 4.79 Å². The Kier molecular flexibility index (Phi) is 7.41. The number of piperazine rings is 2. The van der Waals surface area contributed by atoms with Crippen LogP contribution < -0.4 is 15.6 Å². The van der Waals surface area contributed by atoms with Gasteiger partial charge in [-0.1, -0.05) is 24.3 Å². The van der Waals surface area contributed by atoms with E-state index in [2.05, 4.69) is 22.2 Å². The number of carbonyl (C=O) groups is 3. The summed E-state index contributed by atoms with van der Waals surface area (Å²) in [4.78, 5) is 58.8. The van der Waals surface area contributed by atoms with Crippen LogP contribution in [0, 0.1) is 0 Å². The van der Waals surface area contributed by atoms with Gasteiger partial charge in [-0.15, -0.1) is 0 Å². The second-order valence-electron chi connectivity index (χ2n) is 9.63. The van der Waals surface area contributed by atoms with Gasteiger partial charge in [-0.25, -0.2) is 0 Å². The second kappa shape index (κ2) is 11.1. The number of carbonyl (C=O) groups excluding carboxylic acids is 3. The standard InChI is InChI=1S/C28H31N5O5/c1-30-10-12-33(13-11-30)28(37)20-6-2-4-8-22(20)31-14-16-32(17-15-31)26(35)19-29-27(36)25-18-23(34)21-7-3-5-9-24(21)38-25/h2-9,18H,10-17,19H2,1H3,(H,29,36). The molecule has 3 amide bonds. The first-order valence-corrected chi connectivity index (χ1v) is 12.8. The van der Waals surface area contributed by atoms with Gasteiger partial charge in [-0.3, -0.25) is 19.2 Å². The molecule has 2 aliphatic heterocycles. The Morgan fingerprint density at radius 2 is 1.50 bits per heavy atom. The summed E-state index contributed by atoms with van der Waals surface area (Å²) in [6, 6.07) is 15.5. The van der Waals surface area contributed by atoms with Crippen LogP contribution in [0.4, 0.5) is 5.69 Å². The normalized spacial score (nSPS) is 16.5.